The van der Waals surface area contributed by atoms with Crippen molar-refractivity contribution >= 4 is 44.2 Å². The molecule has 5 rings (SSSR count). The Morgan fingerprint density at radius 2 is 1.93 bits per heavy atom. The van der Waals surface area contributed by atoms with Gasteiger partial charge in [0.2, 0.25) is 11.3 Å². The molecular weight excluding hydrogens is 393 g/mol. The highest BCUT2D eigenvalue weighted by Crippen LogP contribution is 2.40. The number of halogens is 1. The molecule has 29 heavy (non-hydrogen) atoms. The van der Waals surface area contributed by atoms with Crippen molar-refractivity contribution in [1.82, 2.24) is 8.94 Å². The van der Waals surface area contributed by atoms with Crippen LogP contribution in [0.15, 0.2) is 46.0 Å². The number of rotatable bonds is 3. The van der Waals surface area contributed by atoms with E-state index in [0.29, 0.717) is 27.2 Å². The van der Waals surface area contributed by atoms with Crippen molar-refractivity contribution in [3.63, 3.8) is 0 Å². The van der Waals surface area contributed by atoms with Crippen molar-refractivity contribution < 1.29 is 9.18 Å². The number of anilines is 1. The van der Waals surface area contributed by atoms with E-state index in [0.717, 1.165) is 24.4 Å². The first-order valence-corrected chi connectivity index (χ1v) is 10.0. The first-order valence-electron chi connectivity index (χ1n) is 9.21. The van der Waals surface area contributed by atoms with E-state index in [1.807, 2.05) is 4.57 Å². The number of aromatic amines is 1. The van der Waals surface area contributed by atoms with Gasteiger partial charge >= 0.3 is 0 Å². The number of carbonyl (C=O) groups excluding carboxylic acids is 1. The average molecular weight is 409 g/mol. The first-order chi connectivity index (χ1) is 13.9. The maximum atomic E-state index is 15.0. The van der Waals surface area contributed by atoms with Crippen LogP contribution in [0.25, 0.3) is 32.2 Å². The van der Waals surface area contributed by atoms with E-state index < -0.39 is 16.8 Å². The standard InChI is InChI=1S/C21H16FN3O3S/c1-10(26)23-12-4-2-11(3-5-12)14-9-17-15(8-16(14)22)19(27)18-20(28)24-29-21(18)25(17)13-6-7-13/h2-5,8-9,13H,6-7H2,1H3,(H,23,26)(H,24,28). The molecule has 4 aromatic rings. The van der Waals surface area contributed by atoms with Crippen LogP contribution in [0, 0.1) is 5.82 Å². The summed E-state index contributed by atoms with van der Waals surface area (Å²) in [6.45, 7) is 1.42. The lowest BCUT2D eigenvalue weighted by Gasteiger charge is -2.14. The second-order valence-corrected chi connectivity index (χ2v) is 8.05. The minimum atomic E-state index is -0.532. The molecule has 1 aliphatic carbocycles. The van der Waals surface area contributed by atoms with Crippen molar-refractivity contribution in [1.29, 1.82) is 0 Å². The number of nitrogens with zero attached hydrogens (tertiary/aromatic N) is 1. The van der Waals surface area contributed by atoms with E-state index in [4.69, 9.17) is 0 Å². The second kappa shape index (κ2) is 6.38. The fraction of sp³-hybridized carbons (Fsp3) is 0.190. The van der Waals surface area contributed by atoms with E-state index in [9.17, 15) is 18.8 Å². The molecule has 146 valence electrons. The molecule has 0 saturated heterocycles. The summed E-state index contributed by atoms with van der Waals surface area (Å²) in [5, 5.41) is 2.99. The van der Waals surface area contributed by atoms with Crippen LogP contribution in [0.2, 0.25) is 0 Å². The molecule has 0 spiro atoms. The molecule has 1 amide bonds. The number of hydrogen-bond donors (Lipinski definition) is 2. The van der Waals surface area contributed by atoms with Gasteiger partial charge in [-0.2, -0.15) is 0 Å². The molecular formula is C21H16FN3O3S. The summed E-state index contributed by atoms with van der Waals surface area (Å²) in [7, 11) is 0. The van der Waals surface area contributed by atoms with Crippen molar-refractivity contribution in [2.24, 2.45) is 0 Å². The van der Waals surface area contributed by atoms with Gasteiger partial charge < -0.3 is 9.88 Å². The predicted octanol–water partition coefficient (Wildman–Crippen LogP) is 4.00. The van der Waals surface area contributed by atoms with Gasteiger partial charge in [0.05, 0.1) is 5.52 Å². The van der Waals surface area contributed by atoms with E-state index >= 15 is 0 Å². The quantitative estimate of drug-likeness (QED) is 0.536. The molecule has 2 aromatic carbocycles. The SMILES string of the molecule is CC(=O)Nc1ccc(-c2cc3c(cc2F)c(=O)c2c(=O)[nH]sc2n3C2CC2)cc1. The number of nitrogens with one attached hydrogen (secondary N) is 2. The van der Waals surface area contributed by atoms with Crippen molar-refractivity contribution in [3.05, 3.63) is 62.8 Å². The Morgan fingerprint density at radius 3 is 2.59 bits per heavy atom. The topological polar surface area (TPSA) is 84.0 Å². The van der Waals surface area contributed by atoms with E-state index in [2.05, 4.69) is 9.69 Å². The van der Waals surface area contributed by atoms with Crippen LogP contribution in [0.1, 0.15) is 25.8 Å². The maximum Gasteiger partial charge on any atom is 0.271 e. The average Bonchev–Trinajstić information content (AvgIpc) is 3.44. The van der Waals surface area contributed by atoms with Gasteiger partial charge in [0.1, 0.15) is 16.0 Å². The van der Waals surface area contributed by atoms with Crippen LogP contribution in [0.3, 0.4) is 0 Å². The van der Waals surface area contributed by atoms with Crippen molar-refractivity contribution in [2.75, 3.05) is 5.32 Å². The summed E-state index contributed by atoms with van der Waals surface area (Å²) in [4.78, 5) is 36.8. The third kappa shape index (κ3) is 2.87. The zero-order valence-corrected chi connectivity index (χ0v) is 16.2. The van der Waals surface area contributed by atoms with E-state index in [1.54, 1.807) is 30.3 Å². The zero-order chi connectivity index (χ0) is 20.3. The summed E-state index contributed by atoms with van der Waals surface area (Å²) in [6, 6.07) is 9.97. The smallest absolute Gasteiger partial charge is 0.271 e. The monoisotopic (exact) mass is 409 g/mol. The third-order valence-electron chi connectivity index (χ3n) is 5.15. The molecule has 0 atom stereocenters. The van der Waals surface area contributed by atoms with Gasteiger partial charge in [0, 0.05) is 29.6 Å². The number of H-pyrrole nitrogens is 1. The molecule has 1 fully saturated rings. The van der Waals surface area contributed by atoms with Crippen LogP contribution in [0.4, 0.5) is 10.1 Å². The van der Waals surface area contributed by atoms with Gasteiger partial charge in [0.15, 0.2) is 0 Å². The number of carbonyl (C=O) groups is 1. The number of pyridine rings is 1. The Labute approximate surface area is 167 Å². The Bertz CT molecular complexity index is 1410. The van der Waals surface area contributed by atoms with Crippen LogP contribution < -0.4 is 16.3 Å². The first kappa shape index (κ1) is 17.8. The molecule has 2 aromatic heterocycles. The van der Waals surface area contributed by atoms with Crippen molar-refractivity contribution in [2.45, 2.75) is 25.8 Å². The highest BCUT2D eigenvalue weighted by Gasteiger charge is 2.29. The van der Waals surface area contributed by atoms with Crippen LogP contribution in [0.5, 0.6) is 0 Å². The number of aromatic nitrogens is 2. The number of fused-ring (bicyclic) bond motifs is 2. The third-order valence-corrected chi connectivity index (χ3v) is 6.03. The fourth-order valence-corrected chi connectivity index (χ4v) is 4.63. The highest BCUT2D eigenvalue weighted by atomic mass is 32.1. The lowest BCUT2D eigenvalue weighted by molar-refractivity contribution is -0.114. The Kier molecular flexibility index (Phi) is 3.92. The van der Waals surface area contributed by atoms with Gasteiger partial charge in [-0.05, 0) is 54.2 Å². The van der Waals surface area contributed by atoms with Crippen LogP contribution in [-0.2, 0) is 4.79 Å². The minimum Gasteiger partial charge on any atom is -0.328 e. The maximum absolute atomic E-state index is 15.0. The van der Waals surface area contributed by atoms with Gasteiger partial charge in [0.25, 0.3) is 5.56 Å². The van der Waals surface area contributed by atoms with Crippen molar-refractivity contribution in [3.8, 4) is 11.1 Å². The molecule has 2 heterocycles. The lowest BCUT2D eigenvalue weighted by Crippen LogP contribution is -2.15. The zero-order valence-electron chi connectivity index (χ0n) is 15.4. The van der Waals surface area contributed by atoms with Crippen LogP contribution in [-0.4, -0.2) is 14.8 Å². The fourth-order valence-electron chi connectivity index (χ4n) is 3.70. The van der Waals surface area contributed by atoms with Gasteiger partial charge in [-0.25, -0.2) is 4.39 Å². The number of benzene rings is 2. The molecule has 0 aliphatic heterocycles. The van der Waals surface area contributed by atoms with E-state index in [-0.39, 0.29) is 22.7 Å². The Balaban J connectivity index is 1.76. The molecule has 6 nitrogen and oxygen atoms in total. The number of hydrogen-bond acceptors (Lipinski definition) is 4. The van der Waals surface area contributed by atoms with Gasteiger partial charge in [-0.15, -0.1) is 0 Å². The van der Waals surface area contributed by atoms with Gasteiger partial charge in [-0.1, -0.05) is 12.1 Å². The summed E-state index contributed by atoms with van der Waals surface area (Å²) >= 11 is 1.14. The highest BCUT2D eigenvalue weighted by molar-refractivity contribution is 7.12. The largest absolute Gasteiger partial charge is 0.328 e. The second-order valence-electron chi connectivity index (χ2n) is 7.25. The molecule has 8 heteroatoms. The molecule has 1 aliphatic rings. The summed E-state index contributed by atoms with van der Waals surface area (Å²) < 4.78 is 19.6. The summed E-state index contributed by atoms with van der Waals surface area (Å²) in [5.74, 6) is -0.715. The molecule has 0 radical (unpaired) electrons. The van der Waals surface area contributed by atoms with Crippen LogP contribution >= 0.6 is 11.5 Å². The molecule has 0 unspecified atom stereocenters. The summed E-state index contributed by atoms with van der Waals surface area (Å²) in [6.07, 6.45) is 1.91. The van der Waals surface area contributed by atoms with Gasteiger partial charge in [-0.3, -0.25) is 18.8 Å². The lowest BCUT2D eigenvalue weighted by atomic mass is 10.0. The Hall–Kier alpha value is -3.26. The molecule has 0 bridgehead atoms. The Morgan fingerprint density at radius 1 is 1.21 bits per heavy atom. The minimum absolute atomic E-state index is 0.0983. The summed E-state index contributed by atoms with van der Waals surface area (Å²) in [5.41, 5.74) is 1.38. The predicted molar refractivity (Wildman–Crippen MR) is 112 cm³/mol. The van der Waals surface area contributed by atoms with E-state index in [1.165, 1.54) is 13.0 Å². The number of amides is 1. The molecule has 1 saturated carbocycles. The normalized spacial score (nSPS) is 13.9. The molecule has 2 N–H and O–H groups in total.